The van der Waals surface area contributed by atoms with Gasteiger partial charge in [0.1, 0.15) is 6.04 Å². The van der Waals surface area contributed by atoms with Crippen LogP contribution in [-0.2, 0) is 9.53 Å². The Bertz CT molecular complexity index is 204. The molecule has 0 aliphatic carbocycles. The lowest BCUT2D eigenvalue weighted by molar-refractivity contribution is -0.145. The Morgan fingerprint density at radius 1 is 1.29 bits per heavy atom. The average molecular weight is 201 g/mol. The van der Waals surface area contributed by atoms with Gasteiger partial charge in [0.15, 0.2) is 0 Å². The molecular weight excluding hydrogens is 178 g/mol. The molecule has 0 saturated carbocycles. The van der Waals surface area contributed by atoms with Crippen molar-refractivity contribution in [2.45, 2.75) is 47.1 Å². The van der Waals surface area contributed by atoms with Gasteiger partial charge in [-0.3, -0.25) is 4.79 Å². The van der Waals surface area contributed by atoms with Gasteiger partial charge in [-0.15, -0.1) is 0 Å². The lowest BCUT2D eigenvalue weighted by atomic mass is 9.72. The molecule has 3 nitrogen and oxygen atoms in total. The van der Waals surface area contributed by atoms with Crippen LogP contribution >= 0.6 is 0 Å². The highest BCUT2D eigenvalue weighted by Crippen LogP contribution is 2.35. The van der Waals surface area contributed by atoms with E-state index in [2.05, 4.69) is 25.5 Å². The van der Waals surface area contributed by atoms with Crippen molar-refractivity contribution in [1.29, 1.82) is 0 Å². The molecule has 0 spiro atoms. The van der Waals surface area contributed by atoms with Gasteiger partial charge >= 0.3 is 5.97 Å². The number of rotatable bonds is 3. The summed E-state index contributed by atoms with van der Waals surface area (Å²) in [5, 5.41) is 0. The summed E-state index contributed by atoms with van der Waals surface area (Å²) < 4.78 is 4.65. The van der Waals surface area contributed by atoms with Crippen LogP contribution in [0.15, 0.2) is 0 Å². The topological polar surface area (TPSA) is 52.3 Å². The third-order valence-corrected chi connectivity index (χ3v) is 2.28. The standard InChI is InChI=1S/C11H23NO2/c1-10(2,3)7-11(4,5)8(12)9(13)14-6/h8H,7,12H2,1-6H3. The maximum atomic E-state index is 11.3. The first kappa shape index (κ1) is 13.4. The molecule has 0 amide bonds. The van der Waals surface area contributed by atoms with Crippen LogP contribution in [0.25, 0.3) is 0 Å². The summed E-state index contributed by atoms with van der Waals surface area (Å²) in [6, 6.07) is -0.549. The maximum absolute atomic E-state index is 11.3. The van der Waals surface area contributed by atoms with Crippen molar-refractivity contribution < 1.29 is 9.53 Å². The zero-order valence-electron chi connectivity index (χ0n) is 10.2. The van der Waals surface area contributed by atoms with Crippen LogP contribution in [-0.4, -0.2) is 19.1 Å². The number of ether oxygens (including phenoxy) is 1. The highest BCUT2D eigenvalue weighted by molar-refractivity contribution is 5.76. The van der Waals surface area contributed by atoms with Crippen LogP contribution in [0.2, 0.25) is 0 Å². The van der Waals surface area contributed by atoms with E-state index in [1.54, 1.807) is 0 Å². The second-order valence-electron chi connectivity index (χ2n) is 5.73. The molecule has 0 aromatic carbocycles. The van der Waals surface area contributed by atoms with Crippen LogP contribution in [0.5, 0.6) is 0 Å². The molecule has 1 unspecified atom stereocenters. The molecule has 0 rings (SSSR count). The Morgan fingerprint density at radius 2 is 1.71 bits per heavy atom. The van der Waals surface area contributed by atoms with E-state index in [4.69, 9.17) is 5.73 Å². The van der Waals surface area contributed by atoms with Crippen molar-refractivity contribution >= 4 is 5.97 Å². The number of esters is 1. The van der Waals surface area contributed by atoms with Crippen molar-refractivity contribution in [2.24, 2.45) is 16.6 Å². The zero-order valence-corrected chi connectivity index (χ0v) is 10.2. The predicted octanol–water partition coefficient (Wildman–Crippen LogP) is 1.95. The van der Waals surface area contributed by atoms with E-state index in [-0.39, 0.29) is 16.8 Å². The smallest absolute Gasteiger partial charge is 0.323 e. The van der Waals surface area contributed by atoms with Gasteiger partial charge in [-0.25, -0.2) is 0 Å². The average Bonchev–Trinajstić information content (AvgIpc) is 1.97. The summed E-state index contributed by atoms with van der Waals surface area (Å²) in [5.74, 6) is -0.334. The van der Waals surface area contributed by atoms with Crippen molar-refractivity contribution in [3.8, 4) is 0 Å². The molecule has 14 heavy (non-hydrogen) atoms. The zero-order chi connectivity index (χ0) is 11.6. The van der Waals surface area contributed by atoms with Gasteiger partial charge in [0.25, 0.3) is 0 Å². The van der Waals surface area contributed by atoms with E-state index in [0.29, 0.717) is 0 Å². The molecule has 0 heterocycles. The highest BCUT2D eigenvalue weighted by atomic mass is 16.5. The van der Waals surface area contributed by atoms with E-state index < -0.39 is 6.04 Å². The monoisotopic (exact) mass is 201 g/mol. The number of nitrogens with two attached hydrogens (primary N) is 1. The Hall–Kier alpha value is -0.570. The molecular formula is C11H23NO2. The molecule has 84 valence electrons. The van der Waals surface area contributed by atoms with Crippen molar-refractivity contribution in [2.75, 3.05) is 7.11 Å². The van der Waals surface area contributed by atoms with Gasteiger partial charge in [-0.05, 0) is 17.3 Å². The maximum Gasteiger partial charge on any atom is 0.323 e. The summed E-state index contributed by atoms with van der Waals surface area (Å²) in [7, 11) is 1.37. The van der Waals surface area contributed by atoms with Gasteiger partial charge in [0.2, 0.25) is 0 Å². The van der Waals surface area contributed by atoms with Crippen molar-refractivity contribution in [3.63, 3.8) is 0 Å². The molecule has 0 aromatic heterocycles. The Balaban J connectivity index is 4.53. The van der Waals surface area contributed by atoms with E-state index >= 15 is 0 Å². The van der Waals surface area contributed by atoms with E-state index in [1.165, 1.54) is 7.11 Å². The summed E-state index contributed by atoms with van der Waals surface area (Å²) in [6.45, 7) is 10.4. The number of hydrogen-bond donors (Lipinski definition) is 1. The summed E-state index contributed by atoms with van der Waals surface area (Å²) in [5.41, 5.74) is 5.77. The molecule has 0 bridgehead atoms. The van der Waals surface area contributed by atoms with Crippen LogP contribution in [0.3, 0.4) is 0 Å². The fraction of sp³-hybridized carbons (Fsp3) is 0.909. The van der Waals surface area contributed by atoms with Gasteiger partial charge in [-0.2, -0.15) is 0 Å². The molecule has 0 radical (unpaired) electrons. The number of hydrogen-bond acceptors (Lipinski definition) is 3. The van der Waals surface area contributed by atoms with E-state index in [9.17, 15) is 4.79 Å². The minimum absolute atomic E-state index is 0.162. The summed E-state index contributed by atoms with van der Waals surface area (Å²) >= 11 is 0. The molecule has 0 saturated heterocycles. The Labute approximate surface area is 87.0 Å². The second-order valence-corrected chi connectivity index (χ2v) is 5.73. The molecule has 0 aromatic rings. The van der Waals surface area contributed by atoms with Crippen LogP contribution in [0, 0.1) is 10.8 Å². The van der Waals surface area contributed by atoms with Crippen LogP contribution < -0.4 is 5.73 Å². The van der Waals surface area contributed by atoms with E-state index in [1.807, 2.05) is 13.8 Å². The predicted molar refractivity (Wildman–Crippen MR) is 57.8 cm³/mol. The van der Waals surface area contributed by atoms with Gasteiger partial charge in [-0.1, -0.05) is 34.6 Å². The second kappa shape index (κ2) is 4.30. The number of carbonyl (C=O) groups is 1. The van der Waals surface area contributed by atoms with E-state index in [0.717, 1.165) is 6.42 Å². The lowest BCUT2D eigenvalue weighted by Gasteiger charge is -2.35. The first-order valence-corrected chi connectivity index (χ1v) is 4.93. The first-order chi connectivity index (χ1) is 6.10. The molecule has 1 atom stereocenters. The Morgan fingerprint density at radius 3 is 2.00 bits per heavy atom. The summed E-state index contributed by atoms with van der Waals surface area (Å²) in [6.07, 6.45) is 0.885. The van der Waals surface area contributed by atoms with Crippen molar-refractivity contribution in [1.82, 2.24) is 0 Å². The molecule has 0 fully saturated rings. The molecule has 0 aliphatic rings. The minimum atomic E-state index is -0.549. The largest absolute Gasteiger partial charge is 0.468 e. The molecule has 3 heteroatoms. The van der Waals surface area contributed by atoms with Gasteiger partial charge < -0.3 is 10.5 Å². The molecule has 0 aliphatic heterocycles. The Kier molecular flexibility index (Phi) is 4.13. The third-order valence-electron chi connectivity index (χ3n) is 2.28. The fourth-order valence-corrected chi connectivity index (χ4v) is 1.92. The lowest BCUT2D eigenvalue weighted by Crippen LogP contribution is -2.46. The molecule has 2 N–H and O–H groups in total. The van der Waals surface area contributed by atoms with Crippen LogP contribution in [0.1, 0.15) is 41.0 Å². The highest BCUT2D eigenvalue weighted by Gasteiger charge is 2.36. The SMILES string of the molecule is COC(=O)C(N)C(C)(C)CC(C)(C)C. The number of carbonyl (C=O) groups excluding carboxylic acids is 1. The number of methoxy groups -OCH3 is 1. The normalized spacial score (nSPS) is 15.1. The fourth-order valence-electron chi connectivity index (χ4n) is 1.92. The van der Waals surface area contributed by atoms with Gasteiger partial charge in [0.05, 0.1) is 7.11 Å². The summed E-state index contributed by atoms with van der Waals surface area (Å²) in [4.78, 5) is 11.3. The minimum Gasteiger partial charge on any atom is -0.468 e. The van der Waals surface area contributed by atoms with Crippen molar-refractivity contribution in [3.05, 3.63) is 0 Å². The quantitative estimate of drug-likeness (QED) is 0.710. The third kappa shape index (κ3) is 4.09. The van der Waals surface area contributed by atoms with Crippen LogP contribution in [0.4, 0.5) is 0 Å². The van der Waals surface area contributed by atoms with Gasteiger partial charge in [0, 0.05) is 0 Å². The first-order valence-electron chi connectivity index (χ1n) is 4.93.